The van der Waals surface area contributed by atoms with Crippen LogP contribution in [0.1, 0.15) is 32.3 Å². The fourth-order valence-corrected chi connectivity index (χ4v) is 1.75. The number of hydrogen-bond donors (Lipinski definition) is 1. The Bertz CT molecular complexity index is 376. The number of hydrogen-bond acceptors (Lipinski definition) is 3. The first kappa shape index (κ1) is 15.0. The Morgan fingerprint density at radius 1 is 1.33 bits per heavy atom. The molecule has 0 aliphatic carbocycles. The maximum absolute atomic E-state index is 11.9. The molecule has 0 aliphatic rings. The topological polar surface area (TPSA) is 38.3 Å². The molecule has 0 bridgehead atoms. The largest absolute Gasteiger partial charge is 0.465 e. The molecule has 0 spiro atoms. The molecule has 0 aliphatic heterocycles. The van der Waals surface area contributed by atoms with Gasteiger partial charge in [0.15, 0.2) is 0 Å². The molecule has 1 aromatic rings. The van der Waals surface area contributed by atoms with Crippen molar-refractivity contribution in [3.05, 3.63) is 34.9 Å². The van der Waals surface area contributed by atoms with Gasteiger partial charge in [-0.05, 0) is 24.6 Å². The van der Waals surface area contributed by atoms with Crippen LogP contribution in [0.4, 0.5) is 0 Å². The second kappa shape index (κ2) is 7.39. The summed E-state index contributed by atoms with van der Waals surface area (Å²) in [6, 6.07) is 7.64. The van der Waals surface area contributed by atoms with Crippen LogP contribution in [-0.4, -0.2) is 25.2 Å². The highest BCUT2D eigenvalue weighted by atomic mass is 35.5. The van der Waals surface area contributed by atoms with E-state index in [4.69, 9.17) is 16.3 Å². The van der Waals surface area contributed by atoms with Gasteiger partial charge in [0.2, 0.25) is 0 Å². The molecule has 1 rings (SSSR count). The molecule has 0 saturated carbocycles. The molecule has 0 fully saturated rings. The summed E-state index contributed by atoms with van der Waals surface area (Å²) in [6.45, 7) is 6.86. The van der Waals surface area contributed by atoms with Gasteiger partial charge < -0.3 is 10.1 Å². The van der Waals surface area contributed by atoms with Crippen molar-refractivity contribution < 1.29 is 9.53 Å². The van der Waals surface area contributed by atoms with Gasteiger partial charge in [-0.2, -0.15) is 0 Å². The molecule has 18 heavy (non-hydrogen) atoms. The summed E-state index contributed by atoms with van der Waals surface area (Å²) in [5.74, 6) is -0.488. The van der Waals surface area contributed by atoms with E-state index in [1.54, 1.807) is 12.1 Å². The zero-order valence-electron chi connectivity index (χ0n) is 11.1. The van der Waals surface area contributed by atoms with Crippen molar-refractivity contribution >= 4 is 17.6 Å². The third-order valence-electron chi connectivity index (χ3n) is 2.57. The fourth-order valence-electron chi connectivity index (χ4n) is 1.63. The van der Waals surface area contributed by atoms with Gasteiger partial charge in [0, 0.05) is 17.6 Å². The van der Waals surface area contributed by atoms with Gasteiger partial charge in [-0.25, -0.2) is 0 Å². The predicted octanol–water partition coefficient (Wildman–Crippen LogP) is 2.98. The van der Waals surface area contributed by atoms with Crippen molar-refractivity contribution in [2.24, 2.45) is 0 Å². The maximum atomic E-state index is 11.9. The molecule has 1 atom stereocenters. The van der Waals surface area contributed by atoms with Crippen LogP contribution in [0, 0.1) is 0 Å². The molecule has 1 unspecified atom stereocenters. The highest BCUT2D eigenvalue weighted by Gasteiger charge is 2.21. The van der Waals surface area contributed by atoms with Gasteiger partial charge in [0.25, 0.3) is 0 Å². The SMILES string of the molecule is CCOC(=O)C(CNC(C)C)c1ccc(Cl)cc1. The Morgan fingerprint density at radius 2 is 1.94 bits per heavy atom. The number of ether oxygens (including phenoxy) is 1. The zero-order valence-corrected chi connectivity index (χ0v) is 11.8. The van der Waals surface area contributed by atoms with E-state index in [1.807, 2.05) is 32.9 Å². The van der Waals surface area contributed by atoms with Crippen molar-refractivity contribution in [3.8, 4) is 0 Å². The summed E-state index contributed by atoms with van der Waals surface area (Å²) in [6.07, 6.45) is 0. The van der Waals surface area contributed by atoms with Gasteiger partial charge in [0.05, 0.1) is 12.5 Å². The molecule has 1 aromatic carbocycles. The van der Waals surface area contributed by atoms with Crippen LogP contribution < -0.4 is 5.32 Å². The minimum Gasteiger partial charge on any atom is -0.465 e. The Labute approximate surface area is 113 Å². The maximum Gasteiger partial charge on any atom is 0.314 e. The van der Waals surface area contributed by atoms with Crippen molar-refractivity contribution in [3.63, 3.8) is 0 Å². The Kier molecular flexibility index (Phi) is 6.16. The molecule has 0 saturated heterocycles. The summed E-state index contributed by atoms with van der Waals surface area (Å²) in [4.78, 5) is 11.9. The lowest BCUT2D eigenvalue weighted by Gasteiger charge is -2.18. The van der Waals surface area contributed by atoms with Crippen LogP contribution >= 0.6 is 11.6 Å². The van der Waals surface area contributed by atoms with E-state index >= 15 is 0 Å². The van der Waals surface area contributed by atoms with Crippen LogP contribution in [0.5, 0.6) is 0 Å². The number of rotatable bonds is 6. The number of esters is 1. The fraction of sp³-hybridized carbons (Fsp3) is 0.500. The standard InChI is InChI=1S/C14H20ClNO2/c1-4-18-14(17)13(9-16-10(2)3)11-5-7-12(15)8-6-11/h5-8,10,13,16H,4,9H2,1-3H3. The zero-order chi connectivity index (χ0) is 13.5. The molecular weight excluding hydrogens is 250 g/mol. The first-order valence-electron chi connectivity index (χ1n) is 6.20. The highest BCUT2D eigenvalue weighted by molar-refractivity contribution is 6.30. The molecule has 0 aromatic heterocycles. The van der Waals surface area contributed by atoms with Gasteiger partial charge in [-0.3, -0.25) is 4.79 Å². The minimum absolute atomic E-state index is 0.201. The van der Waals surface area contributed by atoms with Crippen molar-refractivity contribution in [1.29, 1.82) is 0 Å². The molecule has 0 amide bonds. The average Bonchev–Trinajstić information content (AvgIpc) is 2.31. The van der Waals surface area contributed by atoms with Crippen LogP contribution in [0.2, 0.25) is 5.02 Å². The predicted molar refractivity (Wildman–Crippen MR) is 74.0 cm³/mol. The molecule has 0 heterocycles. The van der Waals surface area contributed by atoms with Crippen molar-refractivity contribution in [2.75, 3.05) is 13.2 Å². The van der Waals surface area contributed by atoms with Crippen LogP contribution in [0.3, 0.4) is 0 Å². The monoisotopic (exact) mass is 269 g/mol. The smallest absolute Gasteiger partial charge is 0.314 e. The number of benzene rings is 1. The normalized spacial score (nSPS) is 12.5. The summed E-state index contributed by atoms with van der Waals surface area (Å²) in [5.41, 5.74) is 0.922. The van der Waals surface area contributed by atoms with Crippen molar-refractivity contribution in [1.82, 2.24) is 5.32 Å². The lowest BCUT2D eigenvalue weighted by molar-refractivity contribution is -0.144. The molecule has 0 radical (unpaired) electrons. The van der Waals surface area contributed by atoms with E-state index in [-0.39, 0.29) is 11.9 Å². The van der Waals surface area contributed by atoms with E-state index in [9.17, 15) is 4.79 Å². The Hall–Kier alpha value is -1.06. The van der Waals surface area contributed by atoms with Gasteiger partial charge in [0.1, 0.15) is 0 Å². The summed E-state index contributed by atoms with van der Waals surface area (Å²) >= 11 is 5.85. The summed E-state index contributed by atoms with van der Waals surface area (Å²) < 4.78 is 5.11. The summed E-state index contributed by atoms with van der Waals surface area (Å²) in [5, 5.41) is 3.93. The number of halogens is 1. The second-order valence-corrected chi connectivity index (χ2v) is 4.86. The third-order valence-corrected chi connectivity index (χ3v) is 2.83. The van der Waals surface area contributed by atoms with Crippen LogP contribution in [-0.2, 0) is 9.53 Å². The number of carbonyl (C=O) groups excluding carboxylic acids is 1. The van der Waals surface area contributed by atoms with E-state index < -0.39 is 0 Å². The van der Waals surface area contributed by atoms with Gasteiger partial charge in [-0.15, -0.1) is 0 Å². The van der Waals surface area contributed by atoms with E-state index in [0.29, 0.717) is 24.2 Å². The van der Waals surface area contributed by atoms with E-state index in [1.165, 1.54) is 0 Å². The Balaban J connectivity index is 2.82. The van der Waals surface area contributed by atoms with Gasteiger partial charge in [-0.1, -0.05) is 37.6 Å². The number of nitrogens with one attached hydrogen (secondary N) is 1. The van der Waals surface area contributed by atoms with Crippen LogP contribution in [0.25, 0.3) is 0 Å². The quantitative estimate of drug-likeness (QED) is 0.807. The molecule has 3 nitrogen and oxygen atoms in total. The molecule has 4 heteroatoms. The highest BCUT2D eigenvalue weighted by Crippen LogP contribution is 2.19. The Morgan fingerprint density at radius 3 is 2.44 bits per heavy atom. The lowest BCUT2D eigenvalue weighted by atomic mass is 9.99. The van der Waals surface area contributed by atoms with Crippen LogP contribution in [0.15, 0.2) is 24.3 Å². The molecule has 1 N–H and O–H groups in total. The van der Waals surface area contributed by atoms with Crippen molar-refractivity contribution in [2.45, 2.75) is 32.7 Å². The second-order valence-electron chi connectivity index (χ2n) is 4.42. The number of carbonyl (C=O) groups is 1. The molecule has 100 valence electrons. The first-order valence-corrected chi connectivity index (χ1v) is 6.57. The first-order chi connectivity index (χ1) is 8.54. The van der Waals surface area contributed by atoms with Gasteiger partial charge >= 0.3 is 5.97 Å². The third kappa shape index (κ3) is 4.67. The lowest BCUT2D eigenvalue weighted by Crippen LogP contribution is -2.32. The van der Waals surface area contributed by atoms with E-state index in [0.717, 1.165) is 5.56 Å². The average molecular weight is 270 g/mol. The molecular formula is C14H20ClNO2. The van der Waals surface area contributed by atoms with E-state index in [2.05, 4.69) is 5.32 Å². The minimum atomic E-state index is -0.287. The summed E-state index contributed by atoms with van der Waals surface area (Å²) in [7, 11) is 0.